The Morgan fingerprint density at radius 2 is 1.11 bits per heavy atom. The van der Waals surface area contributed by atoms with Crippen molar-refractivity contribution in [2.45, 2.75) is 91.4 Å². The van der Waals surface area contributed by atoms with E-state index in [1.54, 1.807) is 0 Å². The van der Waals surface area contributed by atoms with Gasteiger partial charge in [-0.2, -0.15) is 0 Å². The Morgan fingerprint density at radius 1 is 0.667 bits per heavy atom. The van der Waals surface area contributed by atoms with Crippen LogP contribution in [-0.2, 0) is 0 Å². The first-order valence-corrected chi connectivity index (χ1v) is 8.27. The van der Waals surface area contributed by atoms with Gasteiger partial charge in [0.2, 0.25) is 0 Å². The van der Waals surface area contributed by atoms with Gasteiger partial charge in [-0.05, 0) is 18.9 Å². The molecule has 0 fully saturated rings. The van der Waals surface area contributed by atoms with Crippen molar-refractivity contribution in [2.75, 3.05) is 13.1 Å². The molecule has 0 spiro atoms. The molecule has 0 amide bonds. The SMILES string of the molecule is CCCCCCCCCCCCCNC[C](C)C. The first-order chi connectivity index (χ1) is 8.77. The quantitative estimate of drug-likeness (QED) is 0.403. The van der Waals surface area contributed by atoms with Crippen molar-refractivity contribution in [2.24, 2.45) is 0 Å². The lowest BCUT2D eigenvalue weighted by atomic mass is 10.1. The molecule has 1 heteroatoms. The summed E-state index contributed by atoms with van der Waals surface area (Å²) in [5, 5.41) is 3.48. The molecule has 0 bridgehead atoms. The van der Waals surface area contributed by atoms with E-state index in [0.29, 0.717) is 0 Å². The Balaban J connectivity index is 2.90. The van der Waals surface area contributed by atoms with Crippen LogP contribution in [-0.4, -0.2) is 13.1 Å². The van der Waals surface area contributed by atoms with Crippen LogP contribution in [0.5, 0.6) is 0 Å². The molecule has 18 heavy (non-hydrogen) atoms. The molecular formula is C17H36N. The number of hydrogen-bond acceptors (Lipinski definition) is 1. The van der Waals surface area contributed by atoms with Gasteiger partial charge < -0.3 is 5.32 Å². The van der Waals surface area contributed by atoms with Crippen molar-refractivity contribution in [1.29, 1.82) is 0 Å². The lowest BCUT2D eigenvalue weighted by molar-refractivity contribution is 0.540. The first kappa shape index (κ1) is 18.0. The zero-order valence-corrected chi connectivity index (χ0v) is 13.2. The Kier molecular flexibility index (Phi) is 15.0. The van der Waals surface area contributed by atoms with Crippen molar-refractivity contribution in [3.63, 3.8) is 0 Å². The second-order valence-electron chi connectivity index (χ2n) is 5.92. The molecule has 0 atom stereocenters. The summed E-state index contributed by atoms with van der Waals surface area (Å²) in [6.45, 7) is 8.95. The van der Waals surface area contributed by atoms with Gasteiger partial charge in [-0.15, -0.1) is 0 Å². The molecule has 0 aromatic heterocycles. The van der Waals surface area contributed by atoms with E-state index in [4.69, 9.17) is 0 Å². The molecule has 0 aromatic rings. The second-order valence-corrected chi connectivity index (χ2v) is 5.92. The molecule has 1 N–H and O–H groups in total. The van der Waals surface area contributed by atoms with Crippen LogP contribution >= 0.6 is 0 Å². The van der Waals surface area contributed by atoms with Crippen molar-refractivity contribution in [3.8, 4) is 0 Å². The highest BCUT2D eigenvalue weighted by Gasteiger charge is 1.94. The highest BCUT2D eigenvalue weighted by Crippen LogP contribution is 2.10. The van der Waals surface area contributed by atoms with E-state index >= 15 is 0 Å². The van der Waals surface area contributed by atoms with E-state index < -0.39 is 0 Å². The van der Waals surface area contributed by atoms with E-state index in [1.165, 1.54) is 83.1 Å². The van der Waals surface area contributed by atoms with E-state index in [2.05, 4.69) is 26.1 Å². The summed E-state index contributed by atoms with van der Waals surface area (Å²) >= 11 is 0. The summed E-state index contributed by atoms with van der Waals surface area (Å²) in [6, 6.07) is 0. The third-order valence-corrected chi connectivity index (χ3v) is 3.44. The van der Waals surface area contributed by atoms with Crippen molar-refractivity contribution >= 4 is 0 Å². The first-order valence-electron chi connectivity index (χ1n) is 8.27. The van der Waals surface area contributed by atoms with Crippen LogP contribution in [0.15, 0.2) is 0 Å². The fourth-order valence-corrected chi connectivity index (χ4v) is 2.25. The second kappa shape index (κ2) is 15.0. The van der Waals surface area contributed by atoms with Crippen molar-refractivity contribution in [1.82, 2.24) is 5.32 Å². The van der Waals surface area contributed by atoms with Gasteiger partial charge in [0, 0.05) is 6.54 Å². The summed E-state index contributed by atoms with van der Waals surface area (Å²) in [4.78, 5) is 0. The Hall–Kier alpha value is -0.0400. The normalized spacial score (nSPS) is 11.3. The van der Waals surface area contributed by atoms with E-state index in [-0.39, 0.29) is 0 Å². The number of unbranched alkanes of at least 4 members (excludes halogenated alkanes) is 10. The Labute approximate surface area is 116 Å². The highest BCUT2D eigenvalue weighted by molar-refractivity contribution is 4.79. The minimum absolute atomic E-state index is 1.10. The molecule has 0 unspecified atom stereocenters. The minimum atomic E-state index is 1.10. The fraction of sp³-hybridized carbons (Fsp3) is 0.941. The predicted octanol–water partition coefficient (Wildman–Crippen LogP) is 5.50. The molecular weight excluding hydrogens is 218 g/mol. The highest BCUT2D eigenvalue weighted by atomic mass is 14.8. The van der Waals surface area contributed by atoms with E-state index in [0.717, 1.165) is 6.54 Å². The third-order valence-electron chi connectivity index (χ3n) is 3.44. The van der Waals surface area contributed by atoms with Crippen LogP contribution in [0.2, 0.25) is 0 Å². The average Bonchev–Trinajstić information content (AvgIpc) is 2.34. The molecule has 109 valence electrons. The van der Waals surface area contributed by atoms with Crippen LogP contribution in [0, 0.1) is 5.92 Å². The smallest absolute Gasteiger partial charge is 0.000811 e. The molecule has 0 aliphatic carbocycles. The average molecular weight is 254 g/mol. The van der Waals surface area contributed by atoms with E-state index in [1.807, 2.05) is 0 Å². The van der Waals surface area contributed by atoms with Crippen molar-refractivity contribution in [3.05, 3.63) is 5.92 Å². The summed E-state index contributed by atoms with van der Waals surface area (Å²) in [5.74, 6) is 1.48. The number of rotatable bonds is 14. The summed E-state index contributed by atoms with van der Waals surface area (Å²) in [6.07, 6.45) is 15.7. The lowest BCUT2D eigenvalue weighted by Crippen LogP contribution is -2.19. The van der Waals surface area contributed by atoms with Gasteiger partial charge in [0.05, 0.1) is 0 Å². The van der Waals surface area contributed by atoms with Gasteiger partial charge in [-0.1, -0.05) is 85.0 Å². The fourth-order valence-electron chi connectivity index (χ4n) is 2.25. The number of hydrogen-bond donors (Lipinski definition) is 1. The molecule has 1 nitrogen and oxygen atoms in total. The van der Waals surface area contributed by atoms with Crippen LogP contribution in [0.4, 0.5) is 0 Å². The van der Waals surface area contributed by atoms with Gasteiger partial charge in [-0.25, -0.2) is 0 Å². The zero-order chi connectivity index (χ0) is 13.5. The molecule has 0 aromatic carbocycles. The monoisotopic (exact) mass is 254 g/mol. The largest absolute Gasteiger partial charge is 0.316 e. The van der Waals surface area contributed by atoms with Crippen LogP contribution in [0.1, 0.15) is 91.4 Å². The van der Waals surface area contributed by atoms with Crippen molar-refractivity contribution < 1.29 is 0 Å². The molecule has 0 rings (SSSR count). The number of nitrogens with one attached hydrogen (secondary N) is 1. The van der Waals surface area contributed by atoms with Crippen LogP contribution < -0.4 is 5.32 Å². The minimum Gasteiger partial charge on any atom is -0.316 e. The lowest BCUT2D eigenvalue weighted by Gasteiger charge is -2.06. The summed E-state index contributed by atoms with van der Waals surface area (Å²) < 4.78 is 0. The van der Waals surface area contributed by atoms with Gasteiger partial charge >= 0.3 is 0 Å². The van der Waals surface area contributed by atoms with Gasteiger partial charge in [0.15, 0.2) is 0 Å². The van der Waals surface area contributed by atoms with Crippen LogP contribution in [0.3, 0.4) is 0 Å². The maximum atomic E-state index is 3.48. The Bertz CT molecular complexity index is 143. The Morgan fingerprint density at radius 3 is 1.56 bits per heavy atom. The standard InChI is InChI=1S/C17H36N/c1-4-5-6-7-8-9-10-11-12-13-14-15-18-16-17(2)3/h18H,4-16H2,1-3H3. The maximum absolute atomic E-state index is 3.48. The van der Waals surface area contributed by atoms with Gasteiger partial charge in [0.25, 0.3) is 0 Å². The van der Waals surface area contributed by atoms with Gasteiger partial charge in [-0.3, -0.25) is 0 Å². The molecule has 0 saturated heterocycles. The zero-order valence-electron chi connectivity index (χ0n) is 13.2. The molecule has 0 saturated carbocycles. The molecule has 0 heterocycles. The molecule has 1 radical (unpaired) electrons. The topological polar surface area (TPSA) is 12.0 Å². The van der Waals surface area contributed by atoms with Gasteiger partial charge in [0.1, 0.15) is 0 Å². The van der Waals surface area contributed by atoms with E-state index in [9.17, 15) is 0 Å². The predicted molar refractivity (Wildman–Crippen MR) is 83.9 cm³/mol. The van der Waals surface area contributed by atoms with Crippen LogP contribution in [0.25, 0.3) is 0 Å². The molecule has 0 aliphatic rings. The third kappa shape index (κ3) is 16.0. The summed E-state index contributed by atoms with van der Waals surface area (Å²) in [7, 11) is 0. The summed E-state index contributed by atoms with van der Waals surface area (Å²) in [5.41, 5.74) is 0. The molecule has 0 aliphatic heterocycles. The maximum Gasteiger partial charge on any atom is 0.000811 e.